The van der Waals surface area contributed by atoms with Gasteiger partial charge in [-0.15, -0.1) is 0 Å². The topological polar surface area (TPSA) is 54.4 Å². The minimum atomic E-state index is -4.41. The second-order valence-corrected chi connectivity index (χ2v) is 12.0. The van der Waals surface area contributed by atoms with Crippen LogP contribution in [0.5, 0.6) is 0 Å². The minimum absolute atomic E-state index is 0.0387. The Morgan fingerprint density at radius 1 is 0.517 bits per heavy atom. The van der Waals surface area contributed by atoms with Gasteiger partial charge in [0.05, 0.1) is 4.90 Å². The maximum absolute atomic E-state index is 12.4. The first-order valence-electron chi connectivity index (χ1n) is 9.28. The van der Waals surface area contributed by atoms with Gasteiger partial charge in [-0.25, -0.2) is 0 Å². The van der Waals surface area contributed by atoms with Crippen molar-refractivity contribution in [2.75, 3.05) is 0 Å². The lowest BCUT2D eigenvalue weighted by molar-refractivity contribution is 0.484. The first-order chi connectivity index (χ1) is 14.0. The SMILES string of the molecule is O=S(=O)(O)c1ccccc1[Si](c1ccccc1)(c1ccccc1)c1ccccc1. The highest BCUT2D eigenvalue weighted by molar-refractivity contribution is 7.86. The van der Waals surface area contributed by atoms with E-state index in [1.54, 1.807) is 6.07 Å². The van der Waals surface area contributed by atoms with Gasteiger partial charge in [-0.1, -0.05) is 109 Å². The van der Waals surface area contributed by atoms with Gasteiger partial charge in [0, 0.05) is 0 Å². The third kappa shape index (κ3) is 3.44. The minimum Gasteiger partial charge on any atom is -0.282 e. The highest BCUT2D eigenvalue weighted by atomic mass is 32.2. The van der Waals surface area contributed by atoms with Crippen molar-refractivity contribution in [1.82, 2.24) is 0 Å². The van der Waals surface area contributed by atoms with E-state index in [2.05, 4.69) is 0 Å². The molecule has 4 aromatic rings. The molecule has 0 aliphatic heterocycles. The molecule has 3 nitrogen and oxygen atoms in total. The Labute approximate surface area is 172 Å². The van der Waals surface area contributed by atoms with Crippen LogP contribution in [0.2, 0.25) is 0 Å². The molecule has 5 heteroatoms. The normalized spacial score (nSPS) is 11.9. The van der Waals surface area contributed by atoms with Gasteiger partial charge in [-0.05, 0) is 26.8 Å². The summed E-state index contributed by atoms with van der Waals surface area (Å²) >= 11 is 0. The van der Waals surface area contributed by atoms with Crippen LogP contribution in [0.3, 0.4) is 0 Å². The van der Waals surface area contributed by atoms with E-state index in [1.807, 2.05) is 103 Å². The summed E-state index contributed by atoms with van der Waals surface area (Å²) in [6, 6.07) is 36.8. The molecule has 0 aliphatic rings. The monoisotopic (exact) mass is 416 g/mol. The summed E-state index contributed by atoms with van der Waals surface area (Å²) in [6.07, 6.45) is 0. The van der Waals surface area contributed by atoms with Gasteiger partial charge in [-0.2, -0.15) is 8.42 Å². The standard InChI is InChI=1S/C24H20O3SSi/c25-28(26,27)23-18-10-11-19-24(23)29(20-12-4-1-5-13-20,21-14-6-2-7-15-21)22-16-8-3-9-17-22/h1-19H,(H,25,26,27). The number of benzene rings is 4. The molecule has 0 aliphatic carbocycles. The summed E-state index contributed by atoms with van der Waals surface area (Å²) in [6.45, 7) is 0. The van der Waals surface area contributed by atoms with E-state index in [9.17, 15) is 13.0 Å². The molecule has 0 fully saturated rings. The van der Waals surface area contributed by atoms with Gasteiger partial charge >= 0.3 is 0 Å². The first-order valence-corrected chi connectivity index (χ1v) is 12.7. The lowest BCUT2D eigenvalue weighted by Gasteiger charge is -2.35. The summed E-state index contributed by atoms with van der Waals surface area (Å²) in [5.74, 6) is 0. The average molecular weight is 417 g/mol. The molecule has 0 radical (unpaired) electrons. The zero-order chi connectivity index (χ0) is 20.3. The Morgan fingerprint density at radius 2 is 0.862 bits per heavy atom. The maximum Gasteiger partial charge on any atom is 0.294 e. The lowest BCUT2D eigenvalue weighted by atomic mass is 10.3. The molecule has 4 aromatic carbocycles. The third-order valence-electron chi connectivity index (χ3n) is 5.19. The van der Waals surface area contributed by atoms with Gasteiger partial charge in [0.2, 0.25) is 0 Å². The fourth-order valence-corrected chi connectivity index (χ4v) is 10.3. The molecular weight excluding hydrogens is 396 g/mol. The Bertz CT molecular complexity index is 1110. The molecule has 0 spiro atoms. The average Bonchev–Trinajstić information content (AvgIpc) is 2.76. The van der Waals surface area contributed by atoms with Crippen LogP contribution in [-0.2, 0) is 10.1 Å². The Kier molecular flexibility index (Phi) is 5.19. The summed E-state index contributed by atoms with van der Waals surface area (Å²) in [4.78, 5) is -0.0387. The van der Waals surface area contributed by atoms with Crippen LogP contribution >= 0.6 is 0 Å². The molecule has 29 heavy (non-hydrogen) atoms. The van der Waals surface area contributed by atoms with Gasteiger partial charge in [0.25, 0.3) is 10.1 Å². The van der Waals surface area contributed by atoms with E-state index in [0.717, 1.165) is 15.6 Å². The molecule has 4 rings (SSSR count). The quantitative estimate of drug-likeness (QED) is 0.309. The predicted octanol–water partition coefficient (Wildman–Crippen LogP) is 2.31. The molecule has 0 atom stereocenters. The number of hydrogen-bond acceptors (Lipinski definition) is 2. The Balaban J connectivity index is 2.23. The molecule has 0 amide bonds. The predicted molar refractivity (Wildman–Crippen MR) is 120 cm³/mol. The van der Waals surface area contributed by atoms with Crippen molar-refractivity contribution in [2.24, 2.45) is 0 Å². The van der Waals surface area contributed by atoms with Crippen molar-refractivity contribution < 1.29 is 13.0 Å². The molecule has 0 bridgehead atoms. The van der Waals surface area contributed by atoms with Crippen molar-refractivity contribution in [1.29, 1.82) is 0 Å². The van der Waals surface area contributed by atoms with Gasteiger partial charge in [0.1, 0.15) is 0 Å². The van der Waals surface area contributed by atoms with Gasteiger partial charge in [0.15, 0.2) is 8.07 Å². The third-order valence-corrected chi connectivity index (χ3v) is 11.1. The van der Waals surface area contributed by atoms with Crippen LogP contribution in [-0.4, -0.2) is 21.0 Å². The largest absolute Gasteiger partial charge is 0.294 e. The second-order valence-electron chi connectivity index (χ2n) is 6.82. The summed E-state index contributed by atoms with van der Waals surface area (Å²) in [5, 5.41) is 3.79. The zero-order valence-electron chi connectivity index (χ0n) is 15.6. The van der Waals surface area contributed by atoms with E-state index in [1.165, 1.54) is 6.07 Å². The highest BCUT2D eigenvalue weighted by Gasteiger charge is 2.44. The van der Waals surface area contributed by atoms with Crippen molar-refractivity contribution >= 4 is 38.9 Å². The zero-order valence-corrected chi connectivity index (χ0v) is 17.5. The van der Waals surface area contributed by atoms with Gasteiger partial charge in [-0.3, -0.25) is 4.55 Å². The summed E-state index contributed by atoms with van der Waals surface area (Å²) in [7, 11) is -7.40. The van der Waals surface area contributed by atoms with E-state index >= 15 is 0 Å². The van der Waals surface area contributed by atoms with E-state index in [0.29, 0.717) is 5.19 Å². The Morgan fingerprint density at radius 3 is 1.24 bits per heavy atom. The van der Waals surface area contributed by atoms with E-state index in [4.69, 9.17) is 0 Å². The molecule has 0 saturated carbocycles. The molecule has 0 unspecified atom stereocenters. The number of hydrogen-bond donors (Lipinski definition) is 1. The first kappa shape index (κ1) is 19.3. The summed E-state index contributed by atoms with van der Waals surface area (Å²) in [5.41, 5.74) is 0. The molecule has 0 saturated heterocycles. The fourth-order valence-electron chi connectivity index (χ4n) is 4.03. The van der Waals surface area contributed by atoms with E-state index in [-0.39, 0.29) is 4.90 Å². The van der Waals surface area contributed by atoms with E-state index < -0.39 is 18.2 Å². The van der Waals surface area contributed by atoms with Crippen LogP contribution in [0, 0.1) is 0 Å². The molecule has 0 heterocycles. The van der Waals surface area contributed by atoms with Crippen LogP contribution < -0.4 is 20.7 Å². The van der Waals surface area contributed by atoms with Crippen LogP contribution in [0.4, 0.5) is 0 Å². The molecule has 1 N–H and O–H groups in total. The van der Waals surface area contributed by atoms with Crippen molar-refractivity contribution in [3.05, 3.63) is 115 Å². The maximum atomic E-state index is 12.4. The highest BCUT2D eigenvalue weighted by Crippen LogP contribution is 2.15. The van der Waals surface area contributed by atoms with Crippen LogP contribution in [0.15, 0.2) is 120 Å². The molecule has 144 valence electrons. The number of rotatable bonds is 5. The van der Waals surface area contributed by atoms with Crippen molar-refractivity contribution in [2.45, 2.75) is 4.90 Å². The Hall–Kier alpha value is -2.99. The van der Waals surface area contributed by atoms with Crippen molar-refractivity contribution in [3.63, 3.8) is 0 Å². The molecular formula is C24H20O3SSi. The van der Waals surface area contributed by atoms with Gasteiger partial charge < -0.3 is 0 Å². The van der Waals surface area contributed by atoms with Crippen LogP contribution in [0.25, 0.3) is 0 Å². The van der Waals surface area contributed by atoms with Crippen LogP contribution in [0.1, 0.15) is 0 Å². The smallest absolute Gasteiger partial charge is 0.282 e. The lowest BCUT2D eigenvalue weighted by Crippen LogP contribution is -2.75. The fraction of sp³-hybridized carbons (Fsp3) is 0. The molecule has 0 aromatic heterocycles. The summed E-state index contributed by atoms with van der Waals surface area (Å²) < 4.78 is 34.8. The van der Waals surface area contributed by atoms with Crippen molar-refractivity contribution in [3.8, 4) is 0 Å². The second kappa shape index (κ2) is 7.79.